The Labute approximate surface area is 169 Å². The van der Waals surface area contributed by atoms with Crippen LogP contribution in [-0.4, -0.2) is 30.1 Å². The summed E-state index contributed by atoms with van der Waals surface area (Å²) in [5.74, 6) is -1.61. The van der Waals surface area contributed by atoms with Gasteiger partial charge in [-0.3, -0.25) is 4.79 Å². The van der Waals surface area contributed by atoms with Crippen LogP contribution in [0, 0.1) is 0 Å². The van der Waals surface area contributed by atoms with E-state index in [-0.39, 0.29) is 0 Å². The number of esters is 1. The highest BCUT2D eigenvalue weighted by atomic mass is 16.5. The lowest BCUT2D eigenvalue weighted by Gasteiger charge is -2.25. The number of methoxy groups -OCH3 is 1. The number of benzene rings is 3. The Kier molecular flexibility index (Phi) is 5.14. The Morgan fingerprint density at radius 2 is 1.38 bits per heavy atom. The molecule has 0 saturated carbocycles. The van der Waals surface area contributed by atoms with Gasteiger partial charge in [0.1, 0.15) is 6.04 Å². The van der Waals surface area contributed by atoms with Crippen molar-refractivity contribution >= 4 is 11.9 Å². The van der Waals surface area contributed by atoms with E-state index in [1.165, 1.54) is 7.11 Å². The number of nitrogens with one attached hydrogen (secondary N) is 1. The van der Waals surface area contributed by atoms with Crippen molar-refractivity contribution in [2.75, 3.05) is 7.11 Å². The summed E-state index contributed by atoms with van der Waals surface area (Å²) in [4.78, 5) is 25.5. The highest BCUT2D eigenvalue weighted by molar-refractivity contribution is 5.91. The average Bonchev–Trinajstić information content (AvgIpc) is 3.11. The number of aliphatic hydroxyl groups is 1. The fourth-order valence-electron chi connectivity index (χ4n) is 3.98. The monoisotopic (exact) mass is 387 g/mol. The van der Waals surface area contributed by atoms with Crippen molar-refractivity contribution in [2.45, 2.75) is 18.1 Å². The number of aliphatic hydroxyl groups excluding tert-OH is 1. The SMILES string of the molecule is COC(=O)[C@H](NC(=O)[C@@H](O)c1ccccc1)C1c2ccccc2-c2ccccc21. The number of fused-ring (bicyclic) bond motifs is 3. The molecule has 29 heavy (non-hydrogen) atoms. The van der Waals surface area contributed by atoms with E-state index in [9.17, 15) is 14.7 Å². The van der Waals surface area contributed by atoms with Gasteiger partial charge in [-0.25, -0.2) is 4.79 Å². The minimum absolute atomic E-state index is 0.401. The second-order valence-corrected chi connectivity index (χ2v) is 6.97. The van der Waals surface area contributed by atoms with Crippen LogP contribution in [0.25, 0.3) is 11.1 Å². The van der Waals surface area contributed by atoms with Gasteiger partial charge in [-0.15, -0.1) is 0 Å². The van der Waals surface area contributed by atoms with Gasteiger partial charge in [-0.05, 0) is 27.8 Å². The van der Waals surface area contributed by atoms with E-state index in [2.05, 4.69) is 5.32 Å². The number of amides is 1. The molecule has 3 aromatic carbocycles. The predicted octanol–water partition coefficient (Wildman–Crippen LogP) is 3.19. The van der Waals surface area contributed by atoms with Crippen LogP contribution in [0.1, 0.15) is 28.7 Å². The van der Waals surface area contributed by atoms with Crippen molar-refractivity contribution < 1.29 is 19.4 Å². The summed E-state index contributed by atoms with van der Waals surface area (Å²) < 4.78 is 5.01. The average molecular weight is 387 g/mol. The number of carbonyl (C=O) groups excluding carboxylic acids is 2. The lowest BCUT2D eigenvalue weighted by atomic mass is 9.89. The van der Waals surface area contributed by atoms with Gasteiger partial charge in [0, 0.05) is 5.92 Å². The minimum Gasteiger partial charge on any atom is -0.467 e. The molecule has 146 valence electrons. The molecule has 2 N–H and O–H groups in total. The molecule has 1 aliphatic rings. The summed E-state index contributed by atoms with van der Waals surface area (Å²) >= 11 is 0. The van der Waals surface area contributed by atoms with Crippen molar-refractivity contribution in [1.29, 1.82) is 0 Å². The maximum absolute atomic E-state index is 12.8. The molecule has 1 aliphatic carbocycles. The van der Waals surface area contributed by atoms with E-state index in [0.717, 1.165) is 22.3 Å². The van der Waals surface area contributed by atoms with Gasteiger partial charge in [-0.2, -0.15) is 0 Å². The lowest BCUT2D eigenvalue weighted by molar-refractivity contribution is -0.146. The molecule has 0 heterocycles. The summed E-state index contributed by atoms with van der Waals surface area (Å²) in [6, 6.07) is 23.3. The molecule has 0 fully saturated rings. The first-order valence-corrected chi connectivity index (χ1v) is 9.41. The molecule has 0 aromatic heterocycles. The molecular weight excluding hydrogens is 366 g/mol. The molecule has 5 heteroatoms. The third-order valence-corrected chi connectivity index (χ3v) is 5.33. The van der Waals surface area contributed by atoms with Gasteiger partial charge in [-0.1, -0.05) is 78.9 Å². The zero-order chi connectivity index (χ0) is 20.4. The Balaban J connectivity index is 1.71. The van der Waals surface area contributed by atoms with E-state index >= 15 is 0 Å². The summed E-state index contributed by atoms with van der Waals surface area (Å²) in [5.41, 5.74) is 4.40. The van der Waals surface area contributed by atoms with Gasteiger partial charge in [0.25, 0.3) is 5.91 Å². The molecule has 3 aromatic rings. The van der Waals surface area contributed by atoms with E-state index in [1.54, 1.807) is 30.3 Å². The van der Waals surface area contributed by atoms with Crippen LogP contribution in [0.5, 0.6) is 0 Å². The number of hydrogen-bond acceptors (Lipinski definition) is 4. The van der Waals surface area contributed by atoms with Crippen LogP contribution in [0.4, 0.5) is 0 Å². The molecular formula is C24H21NO4. The van der Waals surface area contributed by atoms with Crippen molar-refractivity contribution in [2.24, 2.45) is 0 Å². The van der Waals surface area contributed by atoms with Gasteiger partial charge in [0.05, 0.1) is 7.11 Å². The summed E-state index contributed by atoms with van der Waals surface area (Å²) in [6.07, 6.45) is -1.38. The number of ether oxygens (including phenoxy) is 1. The highest BCUT2D eigenvalue weighted by Crippen LogP contribution is 2.46. The van der Waals surface area contributed by atoms with Gasteiger partial charge >= 0.3 is 5.97 Å². The van der Waals surface area contributed by atoms with Crippen LogP contribution < -0.4 is 5.32 Å². The first kappa shape index (κ1) is 18.9. The first-order valence-electron chi connectivity index (χ1n) is 9.41. The van der Waals surface area contributed by atoms with E-state index in [1.807, 2.05) is 48.5 Å². The molecule has 0 radical (unpaired) electrons. The second-order valence-electron chi connectivity index (χ2n) is 6.97. The largest absolute Gasteiger partial charge is 0.467 e. The van der Waals surface area contributed by atoms with E-state index in [4.69, 9.17) is 4.74 Å². The number of carbonyl (C=O) groups is 2. The molecule has 0 bridgehead atoms. The van der Waals surface area contributed by atoms with Crippen LogP contribution >= 0.6 is 0 Å². The quantitative estimate of drug-likeness (QED) is 0.660. The van der Waals surface area contributed by atoms with E-state index in [0.29, 0.717) is 5.56 Å². The van der Waals surface area contributed by atoms with Crippen molar-refractivity contribution in [3.05, 3.63) is 95.6 Å². The smallest absolute Gasteiger partial charge is 0.329 e. The maximum atomic E-state index is 12.8. The Morgan fingerprint density at radius 1 is 0.862 bits per heavy atom. The van der Waals surface area contributed by atoms with Crippen molar-refractivity contribution in [1.82, 2.24) is 5.32 Å². The topological polar surface area (TPSA) is 75.6 Å². The first-order chi connectivity index (χ1) is 14.1. The molecule has 1 amide bonds. The third kappa shape index (κ3) is 3.41. The van der Waals surface area contributed by atoms with Gasteiger partial charge in [0.2, 0.25) is 0 Å². The Morgan fingerprint density at radius 3 is 1.93 bits per heavy atom. The molecule has 5 nitrogen and oxygen atoms in total. The fourth-order valence-corrected chi connectivity index (χ4v) is 3.98. The van der Waals surface area contributed by atoms with Crippen LogP contribution in [0.3, 0.4) is 0 Å². The Bertz CT molecular complexity index is 1000. The highest BCUT2D eigenvalue weighted by Gasteiger charge is 2.40. The van der Waals surface area contributed by atoms with Crippen molar-refractivity contribution in [3.63, 3.8) is 0 Å². The molecule has 0 unspecified atom stereocenters. The predicted molar refractivity (Wildman–Crippen MR) is 109 cm³/mol. The summed E-state index contributed by atoms with van der Waals surface area (Å²) in [5, 5.41) is 13.2. The van der Waals surface area contributed by atoms with Gasteiger partial charge < -0.3 is 15.2 Å². The van der Waals surface area contributed by atoms with Crippen molar-refractivity contribution in [3.8, 4) is 11.1 Å². The number of hydrogen-bond donors (Lipinski definition) is 2. The second kappa shape index (κ2) is 7.89. The van der Waals surface area contributed by atoms with E-state index < -0.39 is 29.9 Å². The van der Waals surface area contributed by atoms with Crippen LogP contribution in [0.15, 0.2) is 78.9 Å². The van der Waals surface area contributed by atoms with Gasteiger partial charge in [0.15, 0.2) is 6.10 Å². The zero-order valence-corrected chi connectivity index (χ0v) is 15.9. The summed E-state index contributed by atoms with van der Waals surface area (Å²) in [6.45, 7) is 0. The molecule has 2 atom stereocenters. The number of rotatable bonds is 5. The molecule has 0 spiro atoms. The van der Waals surface area contributed by atoms with Crippen LogP contribution in [0.2, 0.25) is 0 Å². The maximum Gasteiger partial charge on any atom is 0.329 e. The Hall–Kier alpha value is -3.44. The zero-order valence-electron chi connectivity index (χ0n) is 15.9. The van der Waals surface area contributed by atoms with Crippen LogP contribution in [-0.2, 0) is 14.3 Å². The fraction of sp³-hybridized carbons (Fsp3) is 0.167. The molecule has 0 saturated heterocycles. The minimum atomic E-state index is -1.38. The standard InChI is InChI=1S/C24H21NO4/c1-29-24(28)21(25-23(27)22(26)15-9-3-2-4-10-15)20-18-13-7-5-11-16(18)17-12-6-8-14-19(17)20/h2-14,20-22,26H,1H3,(H,25,27)/t21-,22+/m1/s1. The molecule has 0 aliphatic heterocycles. The molecule has 4 rings (SSSR count). The third-order valence-electron chi connectivity index (χ3n) is 5.33. The lowest BCUT2D eigenvalue weighted by Crippen LogP contribution is -2.47. The summed E-state index contributed by atoms with van der Waals surface area (Å²) in [7, 11) is 1.29. The normalized spacial score (nSPS) is 14.4.